The van der Waals surface area contributed by atoms with Crippen molar-refractivity contribution in [3.8, 4) is 0 Å². The van der Waals surface area contributed by atoms with Crippen LogP contribution in [0.2, 0.25) is 0 Å². The van der Waals surface area contributed by atoms with Crippen molar-refractivity contribution in [2.45, 2.75) is 6.04 Å². The van der Waals surface area contributed by atoms with Gasteiger partial charge in [0.05, 0.1) is 7.11 Å². The number of nitrogens with one attached hydrogen (secondary N) is 1. The summed E-state index contributed by atoms with van der Waals surface area (Å²) in [6, 6.07) is -0.0694. The van der Waals surface area contributed by atoms with Crippen LogP contribution in [-0.4, -0.2) is 30.8 Å². The second-order valence-corrected chi connectivity index (χ2v) is 2.83. The summed E-state index contributed by atoms with van der Waals surface area (Å²) in [5.74, 6) is 1.55. The Balaban J connectivity index is 0.000000810. The third-order valence-electron chi connectivity index (χ3n) is 1.20. The van der Waals surface area contributed by atoms with Crippen LogP contribution in [0.4, 0.5) is 0 Å². The van der Waals surface area contributed by atoms with Gasteiger partial charge in [-0.05, 0) is 0 Å². The Hall–Kier alpha value is 0.0700. The first-order chi connectivity index (χ1) is 4.34. The Morgan fingerprint density at radius 1 is 1.80 bits per heavy atom. The fraction of sp³-hybridized carbons (Fsp3) is 0.800. The van der Waals surface area contributed by atoms with Crippen molar-refractivity contribution in [1.82, 2.24) is 5.32 Å². The molecule has 1 aliphatic heterocycles. The number of ether oxygens (including phenoxy) is 1. The van der Waals surface area contributed by atoms with Crippen LogP contribution in [0.1, 0.15) is 0 Å². The molecule has 0 amide bonds. The van der Waals surface area contributed by atoms with Crippen LogP contribution in [-0.2, 0) is 9.53 Å². The maximum absolute atomic E-state index is 10.7. The maximum Gasteiger partial charge on any atom is 0.323 e. The van der Waals surface area contributed by atoms with E-state index in [4.69, 9.17) is 0 Å². The standard InChI is InChI=1S/C5H9NO2S.ClH/c1-8-5(7)4-2-9-3-6-4;/h4,6H,2-3H2,1H3;1H. The summed E-state index contributed by atoms with van der Waals surface area (Å²) in [4.78, 5) is 10.7. The first-order valence-corrected chi connectivity index (χ1v) is 3.89. The average Bonchev–Trinajstić information content (AvgIpc) is 2.37. The number of carbonyl (C=O) groups is 1. The van der Waals surface area contributed by atoms with Gasteiger partial charge in [-0.2, -0.15) is 0 Å². The second-order valence-electron chi connectivity index (χ2n) is 1.79. The first kappa shape index (κ1) is 10.1. The highest BCUT2D eigenvalue weighted by molar-refractivity contribution is 7.99. The molecule has 0 spiro atoms. The molecule has 10 heavy (non-hydrogen) atoms. The predicted molar refractivity (Wildman–Crippen MR) is 43.5 cm³/mol. The normalized spacial score (nSPS) is 23.5. The van der Waals surface area contributed by atoms with Gasteiger partial charge in [-0.3, -0.25) is 10.1 Å². The summed E-state index contributed by atoms with van der Waals surface area (Å²) < 4.78 is 4.52. The van der Waals surface area contributed by atoms with E-state index in [1.165, 1.54) is 7.11 Å². The zero-order valence-electron chi connectivity index (χ0n) is 5.62. The molecule has 0 bridgehead atoms. The molecule has 0 aromatic rings. The predicted octanol–water partition coefficient (Wildman–Crippen LogP) is 0.244. The summed E-state index contributed by atoms with van der Waals surface area (Å²) in [7, 11) is 1.41. The molecule has 1 saturated heterocycles. The fourth-order valence-electron chi connectivity index (χ4n) is 0.689. The molecule has 1 unspecified atom stereocenters. The summed E-state index contributed by atoms with van der Waals surface area (Å²) in [6.45, 7) is 0. The molecule has 0 aromatic heterocycles. The third-order valence-corrected chi connectivity index (χ3v) is 2.14. The first-order valence-electron chi connectivity index (χ1n) is 2.73. The van der Waals surface area contributed by atoms with E-state index in [0.29, 0.717) is 0 Å². The van der Waals surface area contributed by atoms with E-state index in [9.17, 15) is 4.79 Å². The van der Waals surface area contributed by atoms with Gasteiger partial charge in [-0.1, -0.05) is 0 Å². The van der Waals surface area contributed by atoms with Crippen LogP contribution in [0.3, 0.4) is 0 Å². The Morgan fingerprint density at radius 3 is 2.90 bits per heavy atom. The largest absolute Gasteiger partial charge is 0.468 e. The molecule has 1 heterocycles. The monoisotopic (exact) mass is 183 g/mol. The number of hydrogen-bond donors (Lipinski definition) is 1. The molecule has 0 aliphatic carbocycles. The topological polar surface area (TPSA) is 38.3 Å². The minimum Gasteiger partial charge on any atom is -0.468 e. The molecular formula is C5H10ClNO2S. The fourth-order valence-corrected chi connectivity index (χ4v) is 1.62. The minimum absolute atomic E-state index is 0. The Labute approximate surface area is 70.3 Å². The summed E-state index contributed by atoms with van der Waals surface area (Å²) in [5.41, 5.74) is 0. The second kappa shape index (κ2) is 4.82. The van der Waals surface area contributed by atoms with E-state index in [1.807, 2.05) is 0 Å². The van der Waals surface area contributed by atoms with E-state index in [2.05, 4.69) is 10.1 Å². The molecule has 1 N–H and O–H groups in total. The molecule has 5 heteroatoms. The van der Waals surface area contributed by atoms with Gasteiger partial charge in [-0.25, -0.2) is 0 Å². The van der Waals surface area contributed by atoms with Crippen LogP contribution in [0, 0.1) is 0 Å². The molecule has 0 radical (unpaired) electrons. The summed E-state index contributed by atoms with van der Waals surface area (Å²) in [6.07, 6.45) is 0. The Bertz CT molecular complexity index is 116. The van der Waals surface area contributed by atoms with E-state index in [1.54, 1.807) is 11.8 Å². The lowest BCUT2D eigenvalue weighted by Crippen LogP contribution is -2.33. The lowest BCUT2D eigenvalue weighted by atomic mass is 10.3. The number of carbonyl (C=O) groups excluding carboxylic acids is 1. The smallest absolute Gasteiger partial charge is 0.323 e. The van der Waals surface area contributed by atoms with Crippen LogP contribution in [0.5, 0.6) is 0 Å². The van der Waals surface area contributed by atoms with Gasteiger partial charge in [0.1, 0.15) is 6.04 Å². The SMILES string of the molecule is COC(=O)C1CSCN1.Cl. The number of halogens is 1. The molecular weight excluding hydrogens is 174 g/mol. The molecule has 3 nitrogen and oxygen atoms in total. The molecule has 1 aliphatic rings. The lowest BCUT2D eigenvalue weighted by molar-refractivity contribution is -0.142. The molecule has 1 fully saturated rings. The maximum atomic E-state index is 10.7. The average molecular weight is 184 g/mol. The van der Waals surface area contributed by atoms with Crippen molar-refractivity contribution >= 4 is 30.1 Å². The van der Waals surface area contributed by atoms with Gasteiger partial charge in [0, 0.05) is 11.6 Å². The zero-order chi connectivity index (χ0) is 6.69. The molecule has 0 saturated carbocycles. The third kappa shape index (κ3) is 2.36. The number of methoxy groups -OCH3 is 1. The quantitative estimate of drug-likeness (QED) is 0.592. The van der Waals surface area contributed by atoms with Crippen LogP contribution >= 0.6 is 24.2 Å². The van der Waals surface area contributed by atoms with Crippen molar-refractivity contribution in [2.75, 3.05) is 18.7 Å². The zero-order valence-corrected chi connectivity index (χ0v) is 7.26. The molecule has 0 aromatic carbocycles. The van der Waals surface area contributed by atoms with E-state index < -0.39 is 0 Å². The van der Waals surface area contributed by atoms with Gasteiger partial charge < -0.3 is 4.74 Å². The highest BCUT2D eigenvalue weighted by Crippen LogP contribution is 2.09. The van der Waals surface area contributed by atoms with Gasteiger partial charge in [0.15, 0.2) is 0 Å². The van der Waals surface area contributed by atoms with Crippen LogP contribution in [0.15, 0.2) is 0 Å². The number of thioether (sulfide) groups is 1. The highest BCUT2D eigenvalue weighted by atomic mass is 35.5. The van der Waals surface area contributed by atoms with Crippen molar-refractivity contribution in [3.63, 3.8) is 0 Å². The number of rotatable bonds is 1. The molecule has 60 valence electrons. The van der Waals surface area contributed by atoms with Gasteiger partial charge >= 0.3 is 5.97 Å². The summed E-state index contributed by atoms with van der Waals surface area (Å²) in [5, 5.41) is 3.00. The van der Waals surface area contributed by atoms with Crippen molar-refractivity contribution in [2.24, 2.45) is 0 Å². The highest BCUT2D eigenvalue weighted by Gasteiger charge is 2.22. The Morgan fingerprint density at radius 2 is 2.50 bits per heavy atom. The Kier molecular flexibility index (Phi) is 4.85. The van der Waals surface area contributed by atoms with E-state index in [0.717, 1.165) is 11.6 Å². The van der Waals surface area contributed by atoms with E-state index in [-0.39, 0.29) is 24.4 Å². The van der Waals surface area contributed by atoms with Crippen LogP contribution in [0.25, 0.3) is 0 Å². The number of hydrogen-bond acceptors (Lipinski definition) is 4. The van der Waals surface area contributed by atoms with Crippen molar-refractivity contribution in [1.29, 1.82) is 0 Å². The lowest BCUT2D eigenvalue weighted by Gasteiger charge is -2.03. The van der Waals surface area contributed by atoms with Crippen LogP contribution < -0.4 is 5.32 Å². The van der Waals surface area contributed by atoms with Gasteiger partial charge in [0.25, 0.3) is 0 Å². The van der Waals surface area contributed by atoms with Gasteiger partial charge in [0.2, 0.25) is 0 Å². The number of esters is 1. The summed E-state index contributed by atoms with van der Waals surface area (Å²) >= 11 is 1.71. The van der Waals surface area contributed by atoms with Crippen molar-refractivity contribution in [3.05, 3.63) is 0 Å². The van der Waals surface area contributed by atoms with Gasteiger partial charge in [-0.15, -0.1) is 24.2 Å². The minimum atomic E-state index is -0.153. The van der Waals surface area contributed by atoms with E-state index >= 15 is 0 Å². The molecule has 1 atom stereocenters. The molecule has 1 rings (SSSR count). The van der Waals surface area contributed by atoms with Crippen molar-refractivity contribution < 1.29 is 9.53 Å².